The van der Waals surface area contributed by atoms with E-state index in [0.717, 1.165) is 24.1 Å². The minimum Gasteiger partial charge on any atom is -0.389 e. The minimum absolute atomic E-state index is 0.340. The molecule has 1 aliphatic rings. The molecule has 4 nitrogen and oxygen atoms in total. The van der Waals surface area contributed by atoms with Crippen LogP contribution in [0.2, 0.25) is 0 Å². The molecule has 4 heteroatoms. The SMILES string of the molecule is CCCCCCCCC[N+]1(CC(=O)OC(C)=O)CCCC(CCC)C1. The van der Waals surface area contributed by atoms with Gasteiger partial charge in [0.1, 0.15) is 0 Å². The molecule has 146 valence electrons. The van der Waals surface area contributed by atoms with Crippen LogP contribution in [-0.2, 0) is 14.3 Å². The summed E-state index contributed by atoms with van der Waals surface area (Å²) in [5, 5.41) is 0. The first kappa shape index (κ1) is 22.1. The molecule has 1 saturated heterocycles. The lowest BCUT2D eigenvalue weighted by Gasteiger charge is -2.44. The highest BCUT2D eigenvalue weighted by molar-refractivity contribution is 5.84. The molecule has 0 radical (unpaired) electrons. The number of hydrogen-bond acceptors (Lipinski definition) is 3. The molecule has 0 aliphatic carbocycles. The number of unbranched alkanes of at least 4 members (excludes halogenated alkanes) is 6. The summed E-state index contributed by atoms with van der Waals surface area (Å²) < 4.78 is 5.69. The Morgan fingerprint density at radius 3 is 2.32 bits per heavy atom. The predicted octanol–water partition coefficient (Wildman–Crippen LogP) is 4.85. The highest BCUT2D eigenvalue weighted by Gasteiger charge is 2.37. The van der Waals surface area contributed by atoms with Crippen molar-refractivity contribution in [2.75, 3.05) is 26.2 Å². The molecule has 1 aliphatic heterocycles. The van der Waals surface area contributed by atoms with E-state index in [1.165, 1.54) is 77.6 Å². The third-order valence-electron chi connectivity index (χ3n) is 5.55. The van der Waals surface area contributed by atoms with Crippen molar-refractivity contribution >= 4 is 11.9 Å². The molecular formula is C21H40NO3+. The molecular weight excluding hydrogens is 314 g/mol. The maximum absolute atomic E-state index is 12.1. The van der Waals surface area contributed by atoms with Gasteiger partial charge < -0.3 is 9.22 Å². The molecule has 0 aromatic heterocycles. The van der Waals surface area contributed by atoms with Gasteiger partial charge in [-0.15, -0.1) is 0 Å². The van der Waals surface area contributed by atoms with Gasteiger partial charge in [0.15, 0.2) is 6.54 Å². The van der Waals surface area contributed by atoms with E-state index in [1.54, 1.807) is 0 Å². The van der Waals surface area contributed by atoms with E-state index in [9.17, 15) is 9.59 Å². The summed E-state index contributed by atoms with van der Waals surface area (Å²) in [7, 11) is 0. The summed E-state index contributed by atoms with van der Waals surface area (Å²) in [5.74, 6) is -0.109. The summed E-state index contributed by atoms with van der Waals surface area (Å²) in [4.78, 5) is 23.2. The van der Waals surface area contributed by atoms with Crippen molar-refractivity contribution in [3.05, 3.63) is 0 Å². The Hall–Kier alpha value is -0.900. The van der Waals surface area contributed by atoms with Gasteiger partial charge in [-0.25, -0.2) is 4.79 Å². The summed E-state index contributed by atoms with van der Waals surface area (Å²) in [5.41, 5.74) is 0. The molecule has 0 saturated carbocycles. The van der Waals surface area contributed by atoms with Crippen LogP contribution in [0.4, 0.5) is 0 Å². The van der Waals surface area contributed by atoms with E-state index in [1.807, 2.05) is 0 Å². The minimum atomic E-state index is -0.485. The zero-order valence-corrected chi connectivity index (χ0v) is 16.9. The molecule has 0 spiro atoms. The average Bonchev–Trinajstić information content (AvgIpc) is 2.53. The maximum Gasteiger partial charge on any atom is 0.369 e. The van der Waals surface area contributed by atoms with Crippen molar-refractivity contribution in [2.24, 2.45) is 5.92 Å². The largest absolute Gasteiger partial charge is 0.389 e. The Kier molecular flexibility index (Phi) is 11.0. The number of quaternary nitrogens is 1. The van der Waals surface area contributed by atoms with Crippen LogP contribution in [-0.4, -0.2) is 42.6 Å². The van der Waals surface area contributed by atoms with Crippen molar-refractivity contribution in [3.63, 3.8) is 0 Å². The second kappa shape index (κ2) is 12.5. The van der Waals surface area contributed by atoms with Gasteiger partial charge in [-0.1, -0.05) is 52.4 Å². The first-order valence-electron chi connectivity index (χ1n) is 10.6. The molecule has 1 rings (SSSR count). The number of hydrogen-bond donors (Lipinski definition) is 0. The third kappa shape index (κ3) is 9.39. The van der Waals surface area contributed by atoms with E-state index in [2.05, 4.69) is 13.8 Å². The van der Waals surface area contributed by atoms with Crippen molar-refractivity contribution in [1.29, 1.82) is 0 Å². The van der Waals surface area contributed by atoms with Crippen molar-refractivity contribution < 1.29 is 18.8 Å². The molecule has 25 heavy (non-hydrogen) atoms. The Labute approximate surface area is 154 Å². The standard InChI is InChI=1S/C21H40NO3/c1-4-6-7-8-9-10-11-15-22(18-21(24)25-19(3)23)16-12-14-20(17-22)13-5-2/h20H,4-18H2,1-3H3/q+1. The van der Waals surface area contributed by atoms with Crippen LogP contribution in [0.25, 0.3) is 0 Å². The lowest BCUT2D eigenvalue weighted by Crippen LogP contribution is -2.57. The average molecular weight is 355 g/mol. The van der Waals surface area contributed by atoms with Gasteiger partial charge >= 0.3 is 11.9 Å². The van der Waals surface area contributed by atoms with Crippen LogP contribution < -0.4 is 0 Å². The lowest BCUT2D eigenvalue weighted by atomic mass is 9.91. The summed E-state index contributed by atoms with van der Waals surface area (Å²) >= 11 is 0. The predicted molar refractivity (Wildman–Crippen MR) is 102 cm³/mol. The van der Waals surface area contributed by atoms with E-state index in [0.29, 0.717) is 12.5 Å². The Morgan fingerprint density at radius 1 is 1.00 bits per heavy atom. The van der Waals surface area contributed by atoms with Crippen LogP contribution in [0.1, 0.15) is 91.4 Å². The van der Waals surface area contributed by atoms with Gasteiger partial charge in [-0.3, -0.25) is 4.79 Å². The van der Waals surface area contributed by atoms with Crippen LogP contribution >= 0.6 is 0 Å². The van der Waals surface area contributed by atoms with Crippen molar-refractivity contribution in [1.82, 2.24) is 0 Å². The van der Waals surface area contributed by atoms with Gasteiger partial charge in [0.2, 0.25) is 0 Å². The van der Waals surface area contributed by atoms with Crippen LogP contribution in [0.3, 0.4) is 0 Å². The molecule has 0 amide bonds. The molecule has 0 aromatic rings. The molecule has 0 aromatic carbocycles. The Balaban J connectivity index is 2.52. The molecule has 2 unspecified atom stereocenters. The van der Waals surface area contributed by atoms with Crippen LogP contribution in [0, 0.1) is 5.92 Å². The Morgan fingerprint density at radius 2 is 1.68 bits per heavy atom. The summed E-state index contributed by atoms with van der Waals surface area (Å²) in [6.45, 7) is 9.37. The van der Waals surface area contributed by atoms with E-state index in [4.69, 9.17) is 4.74 Å². The smallest absolute Gasteiger partial charge is 0.369 e. The van der Waals surface area contributed by atoms with Crippen molar-refractivity contribution in [3.8, 4) is 0 Å². The highest BCUT2D eigenvalue weighted by Crippen LogP contribution is 2.28. The van der Waals surface area contributed by atoms with Gasteiger partial charge in [-0.2, -0.15) is 0 Å². The van der Waals surface area contributed by atoms with Crippen molar-refractivity contribution in [2.45, 2.75) is 91.4 Å². The number of piperidine rings is 1. The number of nitrogens with zero attached hydrogens (tertiary/aromatic N) is 1. The summed E-state index contributed by atoms with van der Waals surface area (Å²) in [6.07, 6.45) is 14.0. The van der Waals surface area contributed by atoms with Gasteiger partial charge in [0.25, 0.3) is 0 Å². The van der Waals surface area contributed by atoms with Gasteiger partial charge in [0.05, 0.1) is 19.6 Å². The van der Waals surface area contributed by atoms with E-state index >= 15 is 0 Å². The third-order valence-corrected chi connectivity index (χ3v) is 5.55. The highest BCUT2D eigenvalue weighted by atomic mass is 16.6. The topological polar surface area (TPSA) is 43.4 Å². The molecule has 1 heterocycles. The van der Waals surface area contributed by atoms with Gasteiger partial charge in [0, 0.05) is 12.8 Å². The van der Waals surface area contributed by atoms with Gasteiger partial charge in [-0.05, 0) is 32.1 Å². The quantitative estimate of drug-likeness (QED) is 0.218. The summed E-state index contributed by atoms with van der Waals surface area (Å²) in [6, 6.07) is 0. The zero-order valence-electron chi connectivity index (χ0n) is 16.9. The molecule has 1 fully saturated rings. The molecule has 0 N–H and O–H groups in total. The van der Waals surface area contributed by atoms with Crippen LogP contribution in [0.15, 0.2) is 0 Å². The monoisotopic (exact) mass is 354 g/mol. The second-order valence-corrected chi connectivity index (χ2v) is 8.01. The zero-order chi connectivity index (χ0) is 18.5. The van der Waals surface area contributed by atoms with Crippen LogP contribution in [0.5, 0.6) is 0 Å². The first-order valence-corrected chi connectivity index (χ1v) is 10.6. The number of ether oxygens (including phenoxy) is 1. The number of carbonyl (C=O) groups is 2. The second-order valence-electron chi connectivity index (χ2n) is 8.01. The fraction of sp³-hybridized carbons (Fsp3) is 0.905. The fourth-order valence-corrected chi connectivity index (χ4v) is 4.39. The normalized spacial score (nSPS) is 23.4. The van der Waals surface area contributed by atoms with E-state index < -0.39 is 5.97 Å². The lowest BCUT2D eigenvalue weighted by molar-refractivity contribution is -0.929. The molecule has 2 atom stereocenters. The fourth-order valence-electron chi connectivity index (χ4n) is 4.39. The number of likely N-dealkylation sites (tertiary alicyclic amines) is 1. The Bertz CT molecular complexity index is 395. The molecule has 0 bridgehead atoms. The number of rotatable bonds is 12. The maximum atomic E-state index is 12.1. The number of esters is 2. The first-order chi connectivity index (χ1) is 12.0. The number of carbonyl (C=O) groups excluding carboxylic acids is 2. The van der Waals surface area contributed by atoms with E-state index in [-0.39, 0.29) is 5.97 Å².